The maximum atomic E-state index is 13.5. The first kappa shape index (κ1) is 17.8. The van der Waals surface area contributed by atoms with Crippen molar-refractivity contribution in [2.75, 3.05) is 17.7 Å². The molecular weight excluding hydrogens is 349 g/mol. The summed E-state index contributed by atoms with van der Waals surface area (Å²) in [6.45, 7) is 0.257. The molecule has 2 N–H and O–H groups in total. The van der Waals surface area contributed by atoms with Gasteiger partial charge in [-0.15, -0.1) is 0 Å². The molecule has 25 heavy (non-hydrogen) atoms. The minimum Gasteiger partial charge on any atom is -0.382 e. The summed E-state index contributed by atoms with van der Waals surface area (Å²) in [7, 11) is 0. The van der Waals surface area contributed by atoms with Gasteiger partial charge in [0.1, 0.15) is 5.52 Å². The number of fused-ring (bicyclic) bond motifs is 3. The van der Waals surface area contributed by atoms with Gasteiger partial charge in [-0.05, 0) is 30.9 Å². The lowest BCUT2D eigenvalue weighted by molar-refractivity contribution is -0.146. The van der Waals surface area contributed by atoms with E-state index >= 15 is 0 Å². The van der Waals surface area contributed by atoms with Crippen LogP contribution in [0.25, 0.3) is 21.9 Å². The molecule has 3 aromatic rings. The van der Waals surface area contributed by atoms with Crippen molar-refractivity contribution in [3.63, 3.8) is 0 Å². The second-order valence-electron chi connectivity index (χ2n) is 5.85. The second kappa shape index (κ2) is 7.11. The van der Waals surface area contributed by atoms with E-state index in [9.17, 15) is 13.2 Å². The predicted molar refractivity (Wildman–Crippen MR) is 96.7 cm³/mol. The quantitative estimate of drug-likeness (QED) is 0.640. The SMILES string of the molecule is CSCCCCCn1c(C(F)(F)F)nc2c(N)nc3ccccc3c21. The van der Waals surface area contributed by atoms with Gasteiger partial charge in [0.2, 0.25) is 5.82 Å². The Morgan fingerprint density at radius 1 is 1.12 bits per heavy atom. The first-order valence-electron chi connectivity index (χ1n) is 8.04. The summed E-state index contributed by atoms with van der Waals surface area (Å²) in [5.74, 6) is 0.133. The summed E-state index contributed by atoms with van der Waals surface area (Å²) in [6, 6.07) is 7.07. The Morgan fingerprint density at radius 3 is 2.60 bits per heavy atom. The van der Waals surface area contributed by atoms with Crippen LogP contribution in [0.2, 0.25) is 0 Å². The van der Waals surface area contributed by atoms with Crippen molar-refractivity contribution in [2.45, 2.75) is 32.0 Å². The summed E-state index contributed by atoms with van der Waals surface area (Å²) in [6.07, 6.45) is 0.000429. The maximum absolute atomic E-state index is 13.5. The van der Waals surface area contributed by atoms with Crippen LogP contribution in [0.15, 0.2) is 24.3 Å². The average molecular weight is 368 g/mol. The zero-order chi connectivity index (χ0) is 18.0. The fourth-order valence-corrected chi connectivity index (χ4v) is 3.48. The normalized spacial score (nSPS) is 12.3. The largest absolute Gasteiger partial charge is 0.449 e. The number of nitrogen functional groups attached to an aromatic ring is 1. The smallest absolute Gasteiger partial charge is 0.382 e. The number of anilines is 1. The molecule has 134 valence electrons. The summed E-state index contributed by atoms with van der Waals surface area (Å²) in [5, 5.41) is 0.638. The van der Waals surface area contributed by atoms with Gasteiger partial charge in [0.15, 0.2) is 5.82 Å². The highest BCUT2D eigenvalue weighted by atomic mass is 32.2. The number of benzene rings is 1. The van der Waals surface area contributed by atoms with Crippen molar-refractivity contribution in [3.8, 4) is 0 Å². The van der Waals surface area contributed by atoms with Crippen molar-refractivity contribution in [2.24, 2.45) is 0 Å². The van der Waals surface area contributed by atoms with Crippen LogP contribution in [0.3, 0.4) is 0 Å². The molecule has 0 saturated carbocycles. The lowest BCUT2D eigenvalue weighted by atomic mass is 10.2. The number of nitrogens with two attached hydrogens (primary N) is 1. The van der Waals surface area contributed by atoms with Gasteiger partial charge in [-0.25, -0.2) is 9.97 Å². The number of thioether (sulfide) groups is 1. The van der Waals surface area contributed by atoms with Gasteiger partial charge in [-0.3, -0.25) is 0 Å². The van der Waals surface area contributed by atoms with Gasteiger partial charge in [-0.1, -0.05) is 24.6 Å². The van der Waals surface area contributed by atoms with E-state index in [2.05, 4.69) is 9.97 Å². The van der Waals surface area contributed by atoms with Crippen LogP contribution in [0.1, 0.15) is 25.1 Å². The van der Waals surface area contributed by atoms with E-state index in [0.29, 0.717) is 22.8 Å². The van der Waals surface area contributed by atoms with E-state index in [1.54, 1.807) is 36.0 Å². The van der Waals surface area contributed by atoms with Gasteiger partial charge in [0.25, 0.3) is 0 Å². The van der Waals surface area contributed by atoms with Crippen molar-refractivity contribution in [3.05, 3.63) is 30.1 Å². The highest BCUT2D eigenvalue weighted by Gasteiger charge is 2.38. The molecule has 0 bridgehead atoms. The molecule has 0 aliphatic carbocycles. The predicted octanol–water partition coefficient (Wildman–Crippen LogP) is 4.72. The van der Waals surface area contributed by atoms with E-state index in [1.807, 2.05) is 6.26 Å². The number of rotatable bonds is 6. The number of pyridine rings is 1. The molecule has 2 aromatic heterocycles. The Kier molecular flexibility index (Phi) is 5.08. The molecule has 0 unspecified atom stereocenters. The number of halogens is 3. The standard InChI is InChI=1S/C17H19F3N4S/c1-25-10-6-2-5-9-24-14-11-7-3-4-8-12(11)22-15(21)13(14)23-16(24)17(18,19)20/h3-4,7-8H,2,5-6,9-10H2,1H3,(H2,21,22). The first-order valence-corrected chi connectivity index (χ1v) is 9.43. The molecule has 8 heteroatoms. The van der Waals surface area contributed by atoms with Gasteiger partial charge >= 0.3 is 6.18 Å². The Labute approximate surface area is 147 Å². The Balaban J connectivity index is 2.13. The zero-order valence-corrected chi connectivity index (χ0v) is 14.6. The van der Waals surface area contributed by atoms with Crippen molar-refractivity contribution < 1.29 is 13.2 Å². The molecule has 0 fully saturated rings. The van der Waals surface area contributed by atoms with E-state index in [-0.39, 0.29) is 17.9 Å². The van der Waals surface area contributed by atoms with Crippen LogP contribution in [0, 0.1) is 0 Å². The van der Waals surface area contributed by atoms with Crippen molar-refractivity contribution in [1.82, 2.24) is 14.5 Å². The molecule has 0 atom stereocenters. The molecule has 0 radical (unpaired) electrons. The Hall–Kier alpha value is -1.96. The Bertz CT molecular complexity index is 889. The average Bonchev–Trinajstić information content (AvgIpc) is 2.96. The van der Waals surface area contributed by atoms with Gasteiger partial charge in [0, 0.05) is 11.9 Å². The number of hydrogen-bond acceptors (Lipinski definition) is 4. The van der Waals surface area contributed by atoms with E-state index in [4.69, 9.17) is 5.73 Å². The van der Waals surface area contributed by atoms with Crippen molar-refractivity contribution >= 4 is 39.5 Å². The maximum Gasteiger partial charge on any atom is 0.449 e. The van der Waals surface area contributed by atoms with Gasteiger partial charge in [0.05, 0.1) is 11.0 Å². The lowest BCUT2D eigenvalue weighted by Gasteiger charge is -2.12. The number of aryl methyl sites for hydroxylation is 1. The summed E-state index contributed by atoms with van der Waals surface area (Å²) in [5.41, 5.74) is 7.00. The molecule has 0 aliphatic heterocycles. The van der Waals surface area contributed by atoms with Crippen LogP contribution in [0.5, 0.6) is 0 Å². The topological polar surface area (TPSA) is 56.7 Å². The molecule has 2 heterocycles. The zero-order valence-electron chi connectivity index (χ0n) is 13.8. The molecule has 0 amide bonds. The fourth-order valence-electron chi connectivity index (χ4n) is 2.99. The number of aromatic nitrogens is 3. The number of imidazole rings is 1. The fraction of sp³-hybridized carbons (Fsp3) is 0.412. The minimum absolute atomic E-state index is 0.0281. The molecule has 1 aromatic carbocycles. The van der Waals surface area contributed by atoms with E-state index < -0.39 is 12.0 Å². The Morgan fingerprint density at radius 2 is 1.88 bits per heavy atom. The van der Waals surface area contributed by atoms with Gasteiger partial charge in [-0.2, -0.15) is 24.9 Å². The molecular formula is C17H19F3N4S. The second-order valence-corrected chi connectivity index (χ2v) is 6.84. The van der Waals surface area contributed by atoms with Crippen LogP contribution in [-0.2, 0) is 12.7 Å². The third kappa shape index (κ3) is 3.53. The third-order valence-corrected chi connectivity index (χ3v) is 4.79. The lowest BCUT2D eigenvalue weighted by Crippen LogP contribution is -2.15. The molecule has 3 rings (SSSR count). The van der Waals surface area contributed by atoms with E-state index in [1.165, 1.54) is 4.57 Å². The number of unbranched alkanes of at least 4 members (excludes halogenated alkanes) is 2. The molecule has 0 aliphatic rings. The van der Waals surface area contributed by atoms with Crippen LogP contribution < -0.4 is 5.73 Å². The number of nitrogens with zero attached hydrogens (tertiary/aromatic N) is 3. The minimum atomic E-state index is -4.54. The monoisotopic (exact) mass is 368 g/mol. The summed E-state index contributed by atoms with van der Waals surface area (Å²) in [4.78, 5) is 7.99. The summed E-state index contributed by atoms with van der Waals surface area (Å²) >= 11 is 1.74. The van der Waals surface area contributed by atoms with Crippen LogP contribution in [-0.4, -0.2) is 26.5 Å². The van der Waals surface area contributed by atoms with E-state index in [0.717, 1.165) is 18.6 Å². The first-order chi connectivity index (χ1) is 11.9. The highest BCUT2D eigenvalue weighted by molar-refractivity contribution is 7.98. The highest BCUT2D eigenvalue weighted by Crippen LogP contribution is 2.35. The third-order valence-electron chi connectivity index (χ3n) is 4.09. The molecule has 0 spiro atoms. The van der Waals surface area contributed by atoms with Crippen molar-refractivity contribution in [1.29, 1.82) is 0 Å². The summed E-state index contributed by atoms with van der Waals surface area (Å²) < 4.78 is 41.8. The van der Waals surface area contributed by atoms with Crippen LogP contribution >= 0.6 is 11.8 Å². The van der Waals surface area contributed by atoms with Gasteiger partial charge < -0.3 is 10.3 Å². The molecule has 4 nitrogen and oxygen atoms in total. The number of alkyl halides is 3. The number of para-hydroxylation sites is 1. The number of hydrogen-bond donors (Lipinski definition) is 1. The van der Waals surface area contributed by atoms with Crippen LogP contribution in [0.4, 0.5) is 19.0 Å². The molecule has 0 saturated heterocycles.